The van der Waals surface area contributed by atoms with Gasteiger partial charge in [0.2, 0.25) is 15.9 Å². The summed E-state index contributed by atoms with van der Waals surface area (Å²) in [6.45, 7) is 0.462. The first-order valence-corrected chi connectivity index (χ1v) is 10.4. The van der Waals surface area contributed by atoms with Crippen LogP contribution >= 0.6 is 0 Å². The van der Waals surface area contributed by atoms with Gasteiger partial charge in [0, 0.05) is 19.5 Å². The number of rotatable bonds is 8. The van der Waals surface area contributed by atoms with E-state index < -0.39 is 21.7 Å². The van der Waals surface area contributed by atoms with Crippen molar-refractivity contribution in [3.8, 4) is 0 Å². The molecule has 1 aliphatic carbocycles. The molecule has 0 radical (unpaired) electrons. The Balaban J connectivity index is 1.88. The summed E-state index contributed by atoms with van der Waals surface area (Å²) in [4.78, 5) is 12.0. The highest BCUT2D eigenvalue weighted by Gasteiger charge is 2.19. The normalized spacial score (nSPS) is 15.1. The van der Waals surface area contributed by atoms with Crippen molar-refractivity contribution < 1.29 is 17.6 Å². The molecule has 138 valence electrons. The Morgan fingerprint density at radius 2 is 2.00 bits per heavy atom. The van der Waals surface area contributed by atoms with Crippen molar-refractivity contribution in [2.45, 2.75) is 38.5 Å². The van der Waals surface area contributed by atoms with Gasteiger partial charge in [0.25, 0.3) is 0 Å². The Labute approximate surface area is 149 Å². The summed E-state index contributed by atoms with van der Waals surface area (Å²) < 4.78 is 38.7. The summed E-state index contributed by atoms with van der Waals surface area (Å²) >= 11 is 0. The van der Waals surface area contributed by atoms with Crippen LogP contribution in [0, 0.1) is 5.82 Å². The van der Waals surface area contributed by atoms with E-state index in [9.17, 15) is 17.6 Å². The number of anilines is 1. The third-order valence-corrected chi connectivity index (χ3v) is 5.58. The minimum absolute atomic E-state index is 0.0134. The molecule has 2 rings (SSSR count). The van der Waals surface area contributed by atoms with Crippen LogP contribution < -0.4 is 5.32 Å². The number of para-hydroxylation sites is 1. The molecule has 0 saturated heterocycles. The lowest BCUT2D eigenvalue weighted by Crippen LogP contribution is -2.34. The number of hydrogen-bond acceptors (Lipinski definition) is 3. The number of amides is 1. The molecule has 25 heavy (non-hydrogen) atoms. The molecule has 0 aliphatic heterocycles. The second kappa shape index (κ2) is 9.10. The van der Waals surface area contributed by atoms with Crippen molar-refractivity contribution in [2.75, 3.05) is 24.7 Å². The van der Waals surface area contributed by atoms with E-state index in [0.717, 1.165) is 25.5 Å². The zero-order chi connectivity index (χ0) is 18.3. The SMILES string of the molecule is CS(=O)(=O)N(CCC(=O)Nc1ccccc1F)CCC1=CCCCC1. The van der Waals surface area contributed by atoms with Gasteiger partial charge >= 0.3 is 0 Å². The van der Waals surface area contributed by atoms with Crippen LogP contribution in [-0.2, 0) is 14.8 Å². The summed E-state index contributed by atoms with van der Waals surface area (Å²) in [5.41, 5.74) is 1.39. The monoisotopic (exact) mass is 368 g/mol. The van der Waals surface area contributed by atoms with Crippen LogP contribution in [0.25, 0.3) is 0 Å². The lowest BCUT2D eigenvalue weighted by atomic mass is 9.97. The van der Waals surface area contributed by atoms with Gasteiger partial charge in [0.05, 0.1) is 11.9 Å². The number of carbonyl (C=O) groups excluding carboxylic acids is 1. The van der Waals surface area contributed by atoms with Gasteiger partial charge in [-0.1, -0.05) is 23.8 Å². The van der Waals surface area contributed by atoms with E-state index in [1.807, 2.05) is 0 Å². The highest BCUT2D eigenvalue weighted by atomic mass is 32.2. The predicted octanol–water partition coefficient (Wildman–Crippen LogP) is 3.31. The number of carbonyl (C=O) groups is 1. The lowest BCUT2D eigenvalue weighted by molar-refractivity contribution is -0.116. The average molecular weight is 368 g/mol. The number of allylic oxidation sites excluding steroid dienone is 1. The number of sulfonamides is 1. The quantitative estimate of drug-likeness (QED) is 0.716. The number of nitrogens with zero attached hydrogens (tertiary/aromatic N) is 1. The summed E-state index contributed by atoms with van der Waals surface area (Å²) in [5.74, 6) is -0.921. The Morgan fingerprint density at radius 3 is 2.64 bits per heavy atom. The number of halogens is 1. The minimum atomic E-state index is -3.39. The highest BCUT2D eigenvalue weighted by molar-refractivity contribution is 7.88. The van der Waals surface area contributed by atoms with Gasteiger partial charge in [-0.05, 0) is 44.2 Å². The van der Waals surface area contributed by atoms with E-state index in [2.05, 4.69) is 11.4 Å². The third kappa shape index (κ3) is 6.59. The molecule has 0 atom stereocenters. The second-order valence-electron chi connectivity index (χ2n) is 6.30. The molecule has 0 aromatic heterocycles. The zero-order valence-corrected chi connectivity index (χ0v) is 15.3. The molecule has 1 N–H and O–H groups in total. The fourth-order valence-corrected chi connectivity index (χ4v) is 3.69. The van der Waals surface area contributed by atoms with Crippen LogP contribution in [-0.4, -0.2) is 38.0 Å². The number of hydrogen-bond donors (Lipinski definition) is 1. The Hall–Kier alpha value is -1.73. The Morgan fingerprint density at radius 1 is 1.24 bits per heavy atom. The lowest BCUT2D eigenvalue weighted by Gasteiger charge is -2.21. The maximum absolute atomic E-state index is 13.5. The van der Waals surface area contributed by atoms with Crippen molar-refractivity contribution in [2.24, 2.45) is 0 Å². The summed E-state index contributed by atoms with van der Waals surface area (Å²) in [7, 11) is -3.39. The van der Waals surface area contributed by atoms with Crippen molar-refractivity contribution in [1.82, 2.24) is 4.31 Å². The highest BCUT2D eigenvalue weighted by Crippen LogP contribution is 2.21. The molecular weight excluding hydrogens is 343 g/mol. The van der Waals surface area contributed by atoms with Crippen LogP contribution in [0.15, 0.2) is 35.9 Å². The van der Waals surface area contributed by atoms with Gasteiger partial charge in [-0.3, -0.25) is 4.79 Å². The molecule has 0 bridgehead atoms. The topological polar surface area (TPSA) is 66.5 Å². The molecule has 0 fully saturated rings. The van der Waals surface area contributed by atoms with Crippen molar-refractivity contribution >= 4 is 21.6 Å². The summed E-state index contributed by atoms with van der Waals surface area (Å²) in [6.07, 6.45) is 8.43. The van der Waals surface area contributed by atoms with Crippen LogP contribution in [0.2, 0.25) is 0 Å². The Bertz CT molecular complexity index is 732. The van der Waals surface area contributed by atoms with E-state index in [0.29, 0.717) is 13.0 Å². The first-order valence-electron chi connectivity index (χ1n) is 8.53. The van der Waals surface area contributed by atoms with Crippen LogP contribution in [0.3, 0.4) is 0 Å². The van der Waals surface area contributed by atoms with Crippen LogP contribution in [0.5, 0.6) is 0 Å². The van der Waals surface area contributed by atoms with E-state index in [-0.39, 0.29) is 18.7 Å². The standard InChI is InChI=1S/C18H25FN2O3S/c1-25(23,24)21(13-11-15-7-3-2-4-8-15)14-12-18(22)20-17-10-6-5-9-16(17)19/h5-7,9-10H,2-4,8,11-14H2,1H3,(H,20,22). The van der Waals surface area contributed by atoms with Gasteiger partial charge in [-0.25, -0.2) is 17.1 Å². The first kappa shape index (κ1) is 19.6. The van der Waals surface area contributed by atoms with Gasteiger partial charge in [-0.15, -0.1) is 0 Å². The number of nitrogens with one attached hydrogen (secondary N) is 1. The fourth-order valence-electron chi connectivity index (χ4n) is 2.84. The molecule has 5 nitrogen and oxygen atoms in total. The smallest absolute Gasteiger partial charge is 0.225 e. The Kier molecular flexibility index (Phi) is 7.13. The summed E-state index contributed by atoms with van der Waals surface area (Å²) in [6, 6.07) is 5.89. The average Bonchev–Trinajstić information content (AvgIpc) is 2.56. The molecule has 0 saturated carbocycles. The third-order valence-electron chi connectivity index (χ3n) is 4.27. The first-order chi connectivity index (χ1) is 11.9. The molecule has 0 spiro atoms. The second-order valence-corrected chi connectivity index (χ2v) is 8.28. The predicted molar refractivity (Wildman–Crippen MR) is 97.2 cm³/mol. The van der Waals surface area contributed by atoms with Gasteiger partial charge < -0.3 is 5.32 Å². The molecule has 1 aromatic carbocycles. The van der Waals surface area contributed by atoms with Crippen molar-refractivity contribution in [1.29, 1.82) is 0 Å². The van der Waals surface area contributed by atoms with E-state index >= 15 is 0 Å². The van der Waals surface area contributed by atoms with E-state index in [4.69, 9.17) is 0 Å². The molecular formula is C18H25FN2O3S. The maximum atomic E-state index is 13.5. The minimum Gasteiger partial charge on any atom is -0.324 e. The van der Waals surface area contributed by atoms with Gasteiger partial charge in [0.1, 0.15) is 5.82 Å². The fraction of sp³-hybridized carbons (Fsp3) is 0.500. The van der Waals surface area contributed by atoms with Gasteiger partial charge in [0.15, 0.2) is 0 Å². The van der Waals surface area contributed by atoms with E-state index in [1.165, 1.54) is 34.5 Å². The molecule has 0 heterocycles. The molecule has 1 amide bonds. The molecule has 7 heteroatoms. The molecule has 1 aromatic rings. The van der Waals surface area contributed by atoms with Crippen LogP contribution in [0.4, 0.5) is 10.1 Å². The maximum Gasteiger partial charge on any atom is 0.225 e. The van der Waals surface area contributed by atoms with Crippen molar-refractivity contribution in [3.63, 3.8) is 0 Å². The van der Waals surface area contributed by atoms with Crippen molar-refractivity contribution in [3.05, 3.63) is 41.7 Å². The summed E-state index contributed by atoms with van der Waals surface area (Å²) in [5, 5.41) is 2.48. The molecule has 0 unspecified atom stereocenters. The van der Waals surface area contributed by atoms with E-state index in [1.54, 1.807) is 6.07 Å². The molecule has 1 aliphatic rings. The largest absolute Gasteiger partial charge is 0.324 e. The number of benzene rings is 1. The van der Waals surface area contributed by atoms with Gasteiger partial charge in [-0.2, -0.15) is 0 Å². The zero-order valence-electron chi connectivity index (χ0n) is 14.5. The van der Waals surface area contributed by atoms with Crippen LogP contribution in [0.1, 0.15) is 38.5 Å².